The lowest BCUT2D eigenvalue weighted by Crippen LogP contribution is -2.25. The molecule has 0 fully saturated rings. The van der Waals surface area contributed by atoms with Crippen LogP contribution in [0.5, 0.6) is 0 Å². The summed E-state index contributed by atoms with van der Waals surface area (Å²) in [5.74, 6) is 5.17. The Morgan fingerprint density at radius 3 is 2.94 bits per heavy atom. The molecule has 0 atom stereocenters. The van der Waals surface area contributed by atoms with Crippen molar-refractivity contribution in [1.29, 1.82) is 0 Å². The lowest BCUT2D eigenvalue weighted by Gasteiger charge is -2.09. The first-order valence-electron chi connectivity index (χ1n) is 5.45. The third kappa shape index (κ3) is 2.67. The zero-order chi connectivity index (χ0) is 13.0. The van der Waals surface area contributed by atoms with Crippen molar-refractivity contribution in [2.75, 3.05) is 5.43 Å². The number of aryl methyl sites for hydroxylation is 1. The number of benzene rings is 1. The third-order valence-corrected chi connectivity index (χ3v) is 2.50. The van der Waals surface area contributed by atoms with Crippen molar-refractivity contribution in [1.82, 2.24) is 10.5 Å². The molecule has 0 aliphatic rings. The predicted octanol–water partition coefficient (Wildman–Crippen LogP) is 1.20. The van der Waals surface area contributed by atoms with Gasteiger partial charge in [0.05, 0.1) is 17.8 Å². The van der Waals surface area contributed by atoms with Gasteiger partial charge in [-0.3, -0.25) is 10.6 Å². The molecule has 1 aromatic heterocycles. The van der Waals surface area contributed by atoms with Crippen molar-refractivity contribution in [2.45, 2.75) is 13.5 Å². The number of amides is 1. The van der Waals surface area contributed by atoms with Gasteiger partial charge in [0.1, 0.15) is 12.0 Å². The van der Waals surface area contributed by atoms with Gasteiger partial charge in [0.15, 0.2) is 0 Å². The number of anilines is 1. The molecule has 94 valence electrons. The average Bonchev–Trinajstić information content (AvgIpc) is 2.88. The van der Waals surface area contributed by atoms with E-state index < -0.39 is 0 Å². The smallest absolute Gasteiger partial charge is 0.253 e. The summed E-state index contributed by atoms with van der Waals surface area (Å²) in [5.41, 5.74) is 5.29. The molecule has 0 saturated heterocycles. The van der Waals surface area contributed by atoms with E-state index in [-0.39, 0.29) is 5.91 Å². The number of rotatable bonds is 4. The SMILES string of the molecule is Cc1ccc(C(=O)NCc2ccon2)c(NN)c1. The minimum Gasteiger partial charge on any atom is -0.364 e. The van der Waals surface area contributed by atoms with Gasteiger partial charge in [0.2, 0.25) is 0 Å². The number of hydrazine groups is 1. The van der Waals surface area contributed by atoms with Crippen molar-refractivity contribution in [3.05, 3.63) is 47.3 Å². The van der Waals surface area contributed by atoms with Crippen LogP contribution in [0.25, 0.3) is 0 Å². The van der Waals surface area contributed by atoms with Gasteiger partial charge in [-0.25, -0.2) is 0 Å². The molecule has 0 aliphatic carbocycles. The van der Waals surface area contributed by atoms with Crippen LogP contribution >= 0.6 is 0 Å². The Morgan fingerprint density at radius 2 is 2.28 bits per heavy atom. The molecular formula is C12H14N4O2. The standard InChI is InChI=1S/C12H14N4O2/c1-8-2-3-10(11(6-8)15-13)12(17)14-7-9-4-5-18-16-9/h2-6,15H,7,13H2,1H3,(H,14,17). The Morgan fingerprint density at radius 1 is 1.44 bits per heavy atom. The van der Waals surface area contributed by atoms with E-state index in [4.69, 9.17) is 5.84 Å². The molecule has 6 heteroatoms. The van der Waals surface area contributed by atoms with Crippen LogP contribution in [-0.4, -0.2) is 11.1 Å². The first-order valence-corrected chi connectivity index (χ1v) is 5.45. The molecule has 0 saturated carbocycles. The molecule has 0 aliphatic heterocycles. The van der Waals surface area contributed by atoms with E-state index in [0.29, 0.717) is 23.5 Å². The molecule has 1 aromatic carbocycles. The minimum atomic E-state index is -0.217. The molecule has 2 aromatic rings. The second-order valence-electron chi connectivity index (χ2n) is 3.87. The summed E-state index contributed by atoms with van der Waals surface area (Å²) in [7, 11) is 0. The van der Waals surface area contributed by atoms with Crippen LogP contribution in [0.3, 0.4) is 0 Å². The van der Waals surface area contributed by atoms with Crippen molar-refractivity contribution < 1.29 is 9.32 Å². The first-order chi connectivity index (χ1) is 8.70. The minimum absolute atomic E-state index is 0.217. The molecule has 0 bridgehead atoms. The molecule has 1 heterocycles. The maximum atomic E-state index is 12.0. The van der Waals surface area contributed by atoms with Crippen LogP contribution in [0.2, 0.25) is 0 Å². The van der Waals surface area contributed by atoms with Crippen LogP contribution in [0.15, 0.2) is 35.1 Å². The zero-order valence-corrected chi connectivity index (χ0v) is 9.93. The quantitative estimate of drug-likeness (QED) is 0.556. The number of nitrogens with zero attached hydrogens (tertiary/aromatic N) is 1. The van der Waals surface area contributed by atoms with Gasteiger partial charge in [-0.1, -0.05) is 11.2 Å². The van der Waals surface area contributed by atoms with E-state index in [1.807, 2.05) is 19.1 Å². The van der Waals surface area contributed by atoms with Gasteiger partial charge >= 0.3 is 0 Å². The molecule has 0 radical (unpaired) electrons. The van der Waals surface area contributed by atoms with E-state index >= 15 is 0 Å². The van der Waals surface area contributed by atoms with Crippen LogP contribution in [-0.2, 0) is 6.54 Å². The number of carbonyl (C=O) groups is 1. The summed E-state index contributed by atoms with van der Waals surface area (Å²) in [6.45, 7) is 2.24. The van der Waals surface area contributed by atoms with Crippen molar-refractivity contribution in [2.24, 2.45) is 5.84 Å². The molecule has 0 unspecified atom stereocenters. The molecule has 18 heavy (non-hydrogen) atoms. The highest BCUT2D eigenvalue weighted by molar-refractivity contribution is 5.99. The molecule has 4 N–H and O–H groups in total. The molecule has 6 nitrogen and oxygen atoms in total. The van der Waals surface area contributed by atoms with E-state index in [1.165, 1.54) is 6.26 Å². The average molecular weight is 246 g/mol. The zero-order valence-electron chi connectivity index (χ0n) is 9.93. The largest absolute Gasteiger partial charge is 0.364 e. The first kappa shape index (κ1) is 12.1. The molecule has 2 rings (SSSR count). The van der Waals surface area contributed by atoms with Gasteiger partial charge in [-0.05, 0) is 24.6 Å². The number of nitrogen functional groups attached to an aromatic ring is 1. The van der Waals surface area contributed by atoms with Crippen molar-refractivity contribution in [3.63, 3.8) is 0 Å². The number of nitrogens with two attached hydrogens (primary N) is 1. The summed E-state index contributed by atoms with van der Waals surface area (Å²) in [6.07, 6.45) is 1.46. The van der Waals surface area contributed by atoms with Crippen LogP contribution in [0, 0.1) is 6.92 Å². The van der Waals surface area contributed by atoms with Crippen LogP contribution in [0.4, 0.5) is 5.69 Å². The maximum Gasteiger partial charge on any atom is 0.253 e. The normalized spacial score (nSPS) is 10.1. The van der Waals surface area contributed by atoms with E-state index in [9.17, 15) is 4.79 Å². The van der Waals surface area contributed by atoms with Gasteiger partial charge in [0.25, 0.3) is 5.91 Å². The van der Waals surface area contributed by atoms with E-state index in [0.717, 1.165) is 5.56 Å². The Hall–Kier alpha value is -2.34. The van der Waals surface area contributed by atoms with Crippen LogP contribution < -0.4 is 16.6 Å². The van der Waals surface area contributed by atoms with E-state index in [1.54, 1.807) is 12.1 Å². The molecule has 0 spiro atoms. The Balaban J connectivity index is 2.09. The summed E-state index contributed by atoms with van der Waals surface area (Å²) < 4.78 is 4.68. The fourth-order valence-corrected chi connectivity index (χ4v) is 1.57. The molecule has 1 amide bonds. The van der Waals surface area contributed by atoms with E-state index in [2.05, 4.69) is 20.4 Å². The Kier molecular flexibility index (Phi) is 3.59. The lowest BCUT2D eigenvalue weighted by molar-refractivity contribution is 0.0951. The highest BCUT2D eigenvalue weighted by Crippen LogP contribution is 2.16. The fraction of sp³-hybridized carbons (Fsp3) is 0.167. The summed E-state index contributed by atoms with van der Waals surface area (Å²) in [6, 6.07) is 7.08. The number of aromatic nitrogens is 1. The topological polar surface area (TPSA) is 93.2 Å². The summed E-state index contributed by atoms with van der Waals surface area (Å²) in [4.78, 5) is 12.0. The lowest BCUT2D eigenvalue weighted by atomic mass is 10.1. The predicted molar refractivity (Wildman–Crippen MR) is 66.7 cm³/mol. The third-order valence-electron chi connectivity index (χ3n) is 2.50. The maximum absolute atomic E-state index is 12.0. The number of hydrogen-bond donors (Lipinski definition) is 3. The van der Waals surface area contributed by atoms with Gasteiger partial charge in [-0.15, -0.1) is 0 Å². The number of nitrogens with one attached hydrogen (secondary N) is 2. The van der Waals surface area contributed by atoms with Crippen molar-refractivity contribution >= 4 is 11.6 Å². The summed E-state index contributed by atoms with van der Waals surface area (Å²) >= 11 is 0. The van der Waals surface area contributed by atoms with Gasteiger partial charge in [0, 0.05) is 6.07 Å². The van der Waals surface area contributed by atoms with Gasteiger partial charge in [-0.2, -0.15) is 0 Å². The highest BCUT2D eigenvalue weighted by atomic mass is 16.5. The summed E-state index contributed by atoms with van der Waals surface area (Å²) in [5, 5.41) is 6.45. The number of carbonyl (C=O) groups excluding carboxylic acids is 1. The molecular weight excluding hydrogens is 232 g/mol. The fourth-order valence-electron chi connectivity index (χ4n) is 1.57. The monoisotopic (exact) mass is 246 g/mol. The van der Waals surface area contributed by atoms with Crippen molar-refractivity contribution in [3.8, 4) is 0 Å². The Bertz CT molecular complexity index is 537. The Labute approximate surface area is 104 Å². The second kappa shape index (κ2) is 5.33. The highest BCUT2D eigenvalue weighted by Gasteiger charge is 2.11. The number of hydrogen-bond acceptors (Lipinski definition) is 5. The second-order valence-corrected chi connectivity index (χ2v) is 3.87. The van der Waals surface area contributed by atoms with Gasteiger partial charge < -0.3 is 15.3 Å². The van der Waals surface area contributed by atoms with Crippen LogP contribution in [0.1, 0.15) is 21.6 Å².